The van der Waals surface area contributed by atoms with Crippen LogP contribution in [0.4, 0.5) is 0 Å². The van der Waals surface area contributed by atoms with E-state index >= 15 is 0 Å². The van der Waals surface area contributed by atoms with Crippen LogP contribution >= 0.6 is 0 Å². The molecule has 0 atom stereocenters. The Morgan fingerprint density at radius 1 is 1.10 bits per heavy atom. The molecule has 0 spiro atoms. The highest BCUT2D eigenvalue weighted by atomic mass is 16.5. The van der Waals surface area contributed by atoms with Gasteiger partial charge in [0.25, 0.3) is 0 Å². The number of fused-ring (bicyclic) bond motifs is 1. The van der Waals surface area contributed by atoms with Crippen molar-refractivity contribution in [3.63, 3.8) is 0 Å². The van der Waals surface area contributed by atoms with Crippen LogP contribution < -0.4 is 4.74 Å². The number of rotatable bonds is 3. The topological polar surface area (TPSA) is 59.4 Å². The van der Waals surface area contributed by atoms with E-state index in [1.165, 1.54) is 0 Å². The summed E-state index contributed by atoms with van der Waals surface area (Å²) in [6.07, 6.45) is 0. The number of methoxy groups -OCH3 is 1. The Balaban J connectivity index is 2.25. The normalized spacial score (nSPS) is 10.5. The predicted molar refractivity (Wildman–Crippen MR) is 80.7 cm³/mol. The lowest BCUT2D eigenvalue weighted by molar-refractivity contribution is 0.0697. The molecule has 3 aromatic rings. The molecule has 4 nitrogen and oxygen atoms in total. The van der Waals surface area contributed by atoms with Crippen molar-refractivity contribution in [1.29, 1.82) is 0 Å². The first kappa shape index (κ1) is 13.1. The van der Waals surface area contributed by atoms with Gasteiger partial charge in [0.15, 0.2) is 0 Å². The van der Waals surface area contributed by atoms with Gasteiger partial charge in [-0.15, -0.1) is 0 Å². The third-order valence-corrected chi connectivity index (χ3v) is 3.34. The highest BCUT2D eigenvalue weighted by Crippen LogP contribution is 2.29. The molecular weight excluding hydrogens is 266 g/mol. The molecule has 4 heteroatoms. The number of carbonyl (C=O) groups is 1. The summed E-state index contributed by atoms with van der Waals surface area (Å²) in [6.45, 7) is 0. The maximum atomic E-state index is 11.2. The molecule has 0 unspecified atom stereocenters. The zero-order valence-electron chi connectivity index (χ0n) is 11.4. The lowest BCUT2D eigenvalue weighted by atomic mass is 9.99. The van der Waals surface area contributed by atoms with Crippen molar-refractivity contribution in [2.45, 2.75) is 0 Å². The Labute approximate surface area is 121 Å². The van der Waals surface area contributed by atoms with E-state index in [1.807, 2.05) is 36.4 Å². The first-order chi connectivity index (χ1) is 10.2. The SMILES string of the molecule is COc1cccc(-c2cccc3ccc(C(=O)O)cc23)n1. The molecule has 2 aromatic carbocycles. The van der Waals surface area contributed by atoms with E-state index in [1.54, 1.807) is 25.3 Å². The van der Waals surface area contributed by atoms with Gasteiger partial charge in [0, 0.05) is 11.6 Å². The highest BCUT2D eigenvalue weighted by Gasteiger charge is 2.09. The quantitative estimate of drug-likeness (QED) is 0.795. The minimum Gasteiger partial charge on any atom is -0.481 e. The Bertz CT molecular complexity index is 827. The van der Waals surface area contributed by atoms with Crippen molar-refractivity contribution in [1.82, 2.24) is 4.98 Å². The number of nitrogens with zero attached hydrogens (tertiary/aromatic N) is 1. The van der Waals surface area contributed by atoms with Crippen molar-refractivity contribution in [3.05, 3.63) is 60.2 Å². The molecule has 3 rings (SSSR count). The fourth-order valence-electron chi connectivity index (χ4n) is 2.31. The third kappa shape index (κ3) is 2.43. The summed E-state index contributed by atoms with van der Waals surface area (Å²) in [6, 6.07) is 16.4. The second-order valence-corrected chi connectivity index (χ2v) is 4.61. The van der Waals surface area contributed by atoms with Gasteiger partial charge >= 0.3 is 5.97 Å². The molecule has 1 heterocycles. The lowest BCUT2D eigenvalue weighted by Crippen LogP contribution is -1.96. The molecule has 0 amide bonds. The number of aromatic nitrogens is 1. The largest absolute Gasteiger partial charge is 0.481 e. The van der Waals surface area contributed by atoms with Crippen LogP contribution in [0.5, 0.6) is 5.88 Å². The van der Waals surface area contributed by atoms with Crippen LogP contribution in [0.15, 0.2) is 54.6 Å². The zero-order valence-corrected chi connectivity index (χ0v) is 11.4. The summed E-state index contributed by atoms with van der Waals surface area (Å²) in [5.41, 5.74) is 1.90. The Morgan fingerprint density at radius 2 is 1.90 bits per heavy atom. The van der Waals surface area contributed by atoms with Crippen LogP contribution in [0.2, 0.25) is 0 Å². The second-order valence-electron chi connectivity index (χ2n) is 4.61. The van der Waals surface area contributed by atoms with Gasteiger partial charge in [-0.3, -0.25) is 0 Å². The minimum absolute atomic E-state index is 0.262. The molecule has 104 valence electrons. The lowest BCUT2D eigenvalue weighted by Gasteiger charge is -2.08. The molecule has 0 aliphatic heterocycles. The average molecular weight is 279 g/mol. The molecule has 1 aromatic heterocycles. The summed E-state index contributed by atoms with van der Waals surface area (Å²) in [5, 5.41) is 11.0. The molecule has 0 bridgehead atoms. The van der Waals surface area contributed by atoms with Gasteiger partial charge in [-0.1, -0.05) is 30.3 Å². The van der Waals surface area contributed by atoms with E-state index in [0.29, 0.717) is 5.88 Å². The Hall–Kier alpha value is -2.88. The number of hydrogen-bond donors (Lipinski definition) is 1. The number of pyridine rings is 1. The zero-order chi connectivity index (χ0) is 14.8. The van der Waals surface area contributed by atoms with Gasteiger partial charge in [-0.2, -0.15) is 0 Å². The second kappa shape index (κ2) is 5.25. The Kier molecular flexibility index (Phi) is 3.28. The van der Waals surface area contributed by atoms with E-state index in [9.17, 15) is 4.79 Å². The fourth-order valence-corrected chi connectivity index (χ4v) is 2.31. The van der Waals surface area contributed by atoms with Crippen molar-refractivity contribution >= 4 is 16.7 Å². The van der Waals surface area contributed by atoms with Gasteiger partial charge in [-0.25, -0.2) is 9.78 Å². The predicted octanol–water partition coefficient (Wildman–Crippen LogP) is 3.61. The van der Waals surface area contributed by atoms with E-state index in [2.05, 4.69) is 4.98 Å². The molecule has 0 radical (unpaired) electrons. The smallest absolute Gasteiger partial charge is 0.335 e. The molecule has 21 heavy (non-hydrogen) atoms. The number of aromatic carboxylic acids is 1. The third-order valence-electron chi connectivity index (χ3n) is 3.34. The summed E-state index contributed by atoms with van der Waals surface area (Å²) >= 11 is 0. The van der Waals surface area contributed by atoms with Crippen molar-refractivity contribution in [3.8, 4) is 17.1 Å². The number of ether oxygens (including phenoxy) is 1. The molecule has 1 N–H and O–H groups in total. The number of hydrogen-bond acceptors (Lipinski definition) is 3. The minimum atomic E-state index is -0.940. The first-order valence-corrected chi connectivity index (χ1v) is 6.46. The maximum absolute atomic E-state index is 11.2. The standard InChI is InChI=1S/C17H13NO3/c1-21-16-7-3-6-15(18-16)13-5-2-4-11-8-9-12(17(19)20)10-14(11)13/h2-10H,1H3,(H,19,20). The average Bonchev–Trinajstić information content (AvgIpc) is 2.53. The summed E-state index contributed by atoms with van der Waals surface area (Å²) in [5.74, 6) is -0.413. The van der Waals surface area contributed by atoms with Crippen molar-refractivity contribution < 1.29 is 14.6 Å². The molecule has 0 saturated carbocycles. The van der Waals surface area contributed by atoms with Crippen LogP contribution in [-0.2, 0) is 0 Å². The molecule has 0 aliphatic carbocycles. The van der Waals surface area contributed by atoms with Crippen LogP contribution in [-0.4, -0.2) is 23.2 Å². The van der Waals surface area contributed by atoms with Crippen LogP contribution in [0, 0.1) is 0 Å². The van der Waals surface area contributed by atoms with Crippen molar-refractivity contribution in [2.75, 3.05) is 7.11 Å². The summed E-state index contributed by atoms with van der Waals surface area (Å²) < 4.78 is 5.15. The summed E-state index contributed by atoms with van der Waals surface area (Å²) in [4.78, 5) is 15.6. The van der Waals surface area contributed by atoms with E-state index in [4.69, 9.17) is 9.84 Å². The van der Waals surface area contributed by atoms with Gasteiger partial charge in [0.2, 0.25) is 5.88 Å². The molecule has 0 fully saturated rings. The Morgan fingerprint density at radius 3 is 2.67 bits per heavy atom. The molecular formula is C17H13NO3. The van der Waals surface area contributed by atoms with Crippen LogP contribution in [0.1, 0.15) is 10.4 Å². The number of carboxylic acids is 1. The van der Waals surface area contributed by atoms with Crippen LogP contribution in [0.3, 0.4) is 0 Å². The fraction of sp³-hybridized carbons (Fsp3) is 0.0588. The van der Waals surface area contributed by atoms with E-state index < -0.39 is 5.97 Å². The van der Waals surface area contributed by atoms with Gasteiger partial charge < -0.3 is 9.84 Å². The van der Waals surface area contributed by atoms with Crippen molar-refractivity contribution in [2.24, 2.45) is 0 Å². The summed E-state index contributed by atoms with van der Waals surface area (Å²) in [7, 11) is 1.57. The number of carboxylic acid groups (broad SMARTS) is 1. The monoisotopic (exact) mass is 279 g/mol. The van der Waals surface area contributed by atoms with E-state index in [-0.39, 0.29) is 5.56 Å². The van der Waals surface area contributed by atoms with Gasteiger partial charge in [-0.05, 0) is 29.0 Å². The van der Waals surface area contributed by atoms with Gasteiger partial charge in [0.05, 0.1) is 18.4 Å². The van der Waals surface area contributed by atoms with Gasteiger partial charge in [0.1, 0.15) is 0 Å². The maximum Gasteiger partial charge on any atom is 0.335 e. The van der Waals surface area contributed by atoms with E-state index in [0.717, 1.165) is 22.0 Å². The molecule has 0 saturated heterocycles. The highest BCUT2D eigenvalue weighted by molar-refractivity contribution is 6.00. The molecule has 0 aliphatic rings. The first-order valence-electron chi connectivity index (χ1n) is 6.46. The van der Waals surface area contributed by atoms with Crippen LogP contribution in [0.25, 0.3) is 22.0 Å². The number of benzene rings is 2.